The van der Waals surface area contributed by atoms with E-state index < -0.39 is 30.2 Å². The number of ether oxygens (including phenoxy) is 3. The first-order chi connectivity index (χ1) is 20.6. The van der Waals surface area contributed by atoms with E-state index in [1.54, 1.807) is 50.2 Å². The molecule has 226 valence electrons. The van der Waals surface area contributed by atoms with Crippen molar-refractivity contribution in [3.05, 3.63) is 81.7 Å². The number of urea groups is 1. The van der Waals surface area contributed by atoms with Crippen molar-refractivity contribution in [2.75, 3.05) is 20.3 Å². The van der Waals surface area contributed by atoms with Crippen LogP contribution in [0.1, 0.15) is 41.6 Å². The summed E-state index contributed by atoms with van der Waals surface area (Å²) < 4.78 is 22.0. The van der Waals surface area contributed by atoms with Crippen molar-refractivity contribution in [3.8, 4) is 22.8 Å². The van der Waals surface area contributed by atoms with E-state index in [9.17, 15) is 19.5 Å². The Bertz CT molecular complexity index is 1580. The van der Waals surface area contributed by atoms with Gasteiger partial charge in [0.25, 0.3) is 0 Å². The summed E-state index contributed by atoms with van der Waals surface area (Å²) in [5, 5.41) is 28.8. The summed E-state index contributed by atoms with van der Waals surface area (Å²) in [4.78, 5) is 35.7. The molecule has 1 aliphatic rings. The zero-order valence-corrected chi connectivity index (χ0v) is 24.1. The highest BCUT2D eigenvalue weighted by molar-refractivity contribution is 6.33. The number of carboxylic acids is 1. The molecule has 4 rings (SSSR count). The topological polar surface area (TPSA) is 181 Å². The van der Waals surface area contributed by atoms with Gasteiger partial charge in [0, 0.05) is 11.3 Å². The maximum Gasteiger partial charge on any atom is 0.337 e. The minimum atomic E-state index is -1.21. The highest BCUT2D eigenvalue weighted by atomic mass is 35.5. The number of aliphatic hydroxyl groups excluding tert-OH is 1. The number of carboxylic acid groups (broad SMARTS) is 1. The number of aliphatic hydroxyl groups is 1. The molecule has 0 aliphatic carbocycles. The van der Waals surface area contributed by atoms with Crippen molar-refractivity contribution in [1.29, 1.82) is 0 Å². The van der Waals surface area contributed by atoms with Crippen LogP contribution >= 0.6 is 11.6 Å². The highest BCUT2D eigenvalue weighted by Gasteiger charge is 2.32. The average Bonchev–Trinajstić information content (AvgIpc) is 3.44. The molecule has 2 aromatic carbocycles. The summed E-state index contributed by atoms with van der Waals surface area (Å²) in [6.07, 6.45) is 0.143. The number of hydrogen-bond acceptors (Lipinski definition) is 10. The number of carbonyl (C=O) groups excluding carboxylic acids is 2. The second-order valence-electron chi connectivity index (χ2n) is 9.12. The number of methoxy groups -OCH3 is 1. The third kappa shape index (κ3) is 7.45. The lowest BCUT2D eigenvalue weighted by Crippen LogP contribution is -2.45. The minimum Gasteiger partial charge on any atom is -0.490 e. The third-order valence-electron chi connectivity index (χ3n) is 6.20. The van der Waals surface area contributed by atoms with Crippen LogP contribution in [-0.4, -0.2) is 60.9 Å². The van der Waals surface area contributed by atoms with E-state index in [0.717, 1.165) is 0 Å². The van der Waals surface area contributed by atoms with Crippen LogP contribution in [0.15, 0.2) is 69.3 Å². The second-order valence-corrected chi connectivity index (χ2v) is 9.52. The summed E-state index contributed by atoms with van der Waals surface area (Å²) in [6.45, 7) is 3.50. The lowest BCUT2D eigenvalue weighted by Gasteiger charge is -2.28. The summed E-state index contributed by atoms with van der Waals surface area (Å²) in [6, 6.07) is 11.4. The van der Waals surface area contributed by atoms with E-state index in [4.69, 9.17) is 35.3 Å². The largest absolute Gasteiger partial charge is 0.490 e. The van der Waals surface area contributed by atoms with Crippen LogP contribution in [0.5, 0.6) is 11.5 Å². The third-order valence-corrected chi connectivity index (χ3v) is 6.51. The first-order valence-electron chi connectivity index (χ1n) is 13.0. The number of halogens is 1. The molecule has 2 amide bonds. The van der Waals surface area contributed by atoms with E-state index in [0.29, 0.717) is 46.5 Å². The maximum atomic E-state index is 12.4. The van der Waals surface area contributed by atoms with Crippen molar-refractivity contribution >= 4 is 35.8 Å². The predicted molar refractivity (Wildman–Crippen MR) is 155 cm³/mol. The van der Waals surface area contributed by atoms with Gasteiger partial charge in [0.2, 0.25) is 0 Å². The quantitative estimate of drug-likeness (QED) is 0.0873. The molecular formula is C29H29ClN4O9. The van der Waals surface area contributed by atoms with Crippen molar-refractivity contribution in [2.24, 2.45) is 5.10 Å². The first kappa shape index (κ1) is 30.9. The maximum absolute atomic E-state index is 12.4. The molecule has 0 saturated heterocycles. The van der Waals surface area contributed by atoms with Gasteiger partial charge in [0.15, 0.2) is 17.7 Å². The van der Waals surface area contributed by atoms with Crippen LogP contribution in [0.2, 0.25) is 5.02 Å². The molecule has 3 aromatic rings. The zero-order valence-electron chi connectivity index (χ0n) is 23.3. The number of amides is 2. The van der Waals surface area contributed by atoms with Gasteiger partial charge in [-0.1, -0.05) is 23.7 Å². The van der Waals surface area contributed by atoms with Crippen LogP contribution in [0, 0.1) is 0 Å². The predicted octanol–water partition coefficient (Wildman–Crippen LogP) is 3.82. The Morgan fingerprint density at radius 3 is 2.65 bits per heavy atom. The van der Waals surface area contributed by atoms with Crippen LogP contribution in [0.4, 0.5) is 4.79 Å². The monoisotopic (exact) mass is 612 g/mol. The van der Waals surface area contributed by atoms with Gasteiger partial charge in [-0.05, 0) is 55.8 Å². The lowest BCUT2D eigenvalue weighted by molar-refractivity contribution is -0.136. The van der Waals surface area contributed by atoms with Gasteiger partial charge in [-0.2, -0.15) is 5.10 Å². The van der Waals surface area contributed by atoms with Crippen LogP contribution in [0.25, 0.3) is 11.3 Å². The Hall–Kier alpha value is -5.01. The molecule has 0 radical (unpaired) electrons. The van der Waals surface area contributed by atoms with Gasteiger partial charge < -0.3 is 39.5 Å². The molecule has 0 unspecified atom stereocenters. The number of furan rings is 1. The Morgan fingerprint density at radius 2 is 1.95 bits per heavy atom. The number of benzene rings is 2. The smallest absolute Gasteiger partial charge is 0.337 e. The molecule has 0 bridgehead atoms. The van der Waals surface area contributed by atoms with Gasteiger partial charge >= 0.3 is 18.0 Å². The number of aromatic carboxylic acids is 1. The molecule has 0 saturated carbocycles. The summed E-state index contributed by atoms with van der Waals surface area (Å²) in [5.41, 5.74) is 4.28. The number of allylic oxidation sites excluding steroid dienone is 1. The SMILES string of the molecule is CCOc1cc([C@@H]2NC(=O)NC(C)=C2C(=O)OC)ccc1OC[C@@H](O)N/N=C\c1ccc(-c2ccc(C(=O)O)c(Cl)c2)o1. The molecule has 5 N–H and O–H groups in total. The molecule has 1 aromatic heterocycles. The molecule has 2 heterocycles. The second kappa shape index (κ2) is 13.8. The van der Waals surface area contributed by atoms with Gasteiger partial charge in [0.05, 0.1) is 42.1 Å². The standard InChI is InChI=1S/C29H29ClN4O9/c1-4-41-23-12-17(26-25(28(38)40-3)15(2)32-29(39)33-26)6-9-22(23)42-14-24(35)34-31-13-18-7-10-21(43-18)16-5-8-19(27(36)37)20(30)11-16/h5-13,24,26,34-35H,4,14H2,1-3H3,(H,36,37)(H2,32,33,39)/b31-13-/t24-,26+/m1/s1. The van der Waals surface area contributed by atoms with E-state index in [1.807, 2.05) is 0 Å². The van der Waals surface area contributed by atoms with Gasteiger partial charge in [-0.25, -0.2) is 14.4 Å². The van der Waals surface area contributed by atoms with E-state index in [2.05, 4.69) is 21.2 Å². The van der Waals surface area contributed by atoms with E-state index in [-0.39, 0.29) is 22.8 Å². The summed E-state index contributed by atoms with van der Waals surface area (Å²) in [5.74, 6) is -0.248. The average molecular weight is 613 g/mol. The van der Waals surface area contributed by atoms with Crippen LogP contribution in [0.3, 0.4) is 0 Å². The fourth-order valence-electron chi connectivity index (χ4n) is 4.23. The molecular weight excluding hydrogens is 584 g/mol. The Morgan fingerprint density at radius 1 is 1.16 bits per heavy atom. The number of esters is 1. The molecule has 1 aliphatic heterocycles. The molecule has 13 nitrogen and oxygen atoms in total. The summed E-state index contributed by atoms with van der Waals surface area (Å²) in [7, 11) is 1.26. The molecule has 43 heavy (non-hydrogen) atoms. The number of carbonyl (C=O) groups is 3. The number of hydrazone groups is 1. The normalized spacial score (nSPS) is 15.5. The first-order valence-corrected chi connectivity index (χ1v) is 13.3. The van der Waals surface area contributed by atoms with E-state index >= 15 is 0 Å². The minimum absolute atomic E-state index is 0.0151. The summed E-state index contributed by atoms with van der Waals surface area (Å²) >= 11 is 6.03. The molecule has 14 heteroatoms. The number of nitrogens with one attached hydrogen (secondary N) is 3. The fraction of sp³-hybridized carbons (Fsp3) is 0.241. The number of nitrogens with zero attached hydrogens (tertiary/aromatic N) is 1. The van der Waals surface area contributed by atoms with Gasteiger partial charge in [-0.15, -0.1) is 0 Å². The van der Waals surface area contributed by atoms with E-state index in [1.165, 1.54) is 25.5 Å². The van der Waals surface area contributed by atoms with Crippen LogP contribution in [-0.2, 0) is 9.53 Å². The number of rotatable bonds is 12. The van der Waals surface area contributed by atoms with Crippen molar-refractivity contribution < 1.29 is 43.2 Å². The van der Waals surface area contributed by atoms with Crippen molar-refractivity contribution in [3.63, 3.8) is 0 Å². The molecule has 0 spiro atoms. The van der Waals surface area contributed by atoms with Crippen molar-refractivity contribution in [2.45, 2.75) is 26.1 Å². The number of hydrogen-bond donors (Lipinski definition) is 5. The Labute approximate surface area is 251 Å². The zero-order chi connectivity index (χ0) is 31.1. The molecule has 2 atom stereocenters. The van der Waals surface area contributed by atoms with Gasteiger partial charge in [0.1, 0.15) is 18.1 Å². The van der Waals surface area contributed by atoms with Gasteiger partial charge in [-0.3, -0.25) is 5.43 Å². The Balaban J connectivity index is 1.39. The lowest BCUT2D eigenvalue weighted by atomic mass is 9.95. The highest BCUT2D eigenvalue weighted by Crippen LogP contribution is 2.35. The fourth-order valence-corrected chi connectivity index (χ4v) is 4.49. The Kier molecular flexibility index (Phi) is 9.91. The van der Waals surface area contributed by atoms with Crippen molar-refractivity contribution in [1.82, 2.24) is 16.1 Å². The van der Waals surface area contributed by atoms with Crippen LogP contribution < -0.4 is 25.5 Å². The molecule has 0 fully saturated rings.